The van der Waals surface area contributed by atoms with E-state index in [-0.39, 0.29) is 22.6 Å². The van der Waals surface area contributed by atoms with Crippen LogP contribution in [0.1, 0.15) is 22.8 Å². The SMILES string of the molecule is CC(=O)c1cc(N)c([N+](=O)[O-])c(C#N)c1. The van der Waals surface area contributed by atoms with E-state index in [0.717, 1.165) is 6.07 Å². The van der Waals surface area contributed by atoms with Gasteiger partial charge < -0.3 is 5.73 Å². The quantitative estimate of drug-likeness (QED) is 0.338. The highest BCUT2D eigenvalue weighted by atomic mass is 16.6. The van der Waals surface area contributed by atoms with Crippen LogP contribution in [0.4, 0.5) is 11.4 Å². The van der Waals surface area contributed by atoms with Crippen molar-refractivity contribution < 1.29 is 9.72 Å². The lowest BCUT2D eigenvalue weighted by atomic mass is 10.1. The highest BCUT2D eigenvalue weighted by Crippen LogP contribution is 2.27. The number of rotatable bonds is 2. The van der Waals surface area contributed by atoms with Gasteiger partial charge in [0, 0.05) is 5.56 Å². The minimum Gasteiger partial charge on any atom is -0.393 e. The van der Waals surface area contributed by atoms with Gasteiger partial charge in [0.25, 0.3) is 0 Å². The fourth-order valence-corrected chi connectivity index (χ4v) is 1.15. The van der Waals surface area contributed by atoms with Gasteiger partial charge in [-0.1, -0.05) is 0 Å². The predicted octanol–water partition coefficient (Wildman–Crippen LogP) is 1.25. The molecule has 0 fully saturated rings. The van der Waals surface area contributed by atoms with Gasteiger partial charge in [0.15, 0.2) is 5.78 Å². The summed E-state index contributed by atoms with van der Waals surface area (Å²) in [4.78, 5) is 20.8. The Balaban J connectivity index is 3.53. The molecule has 1 rings (SSSR count). The van der Waals surface area contributed by atoms with Crippen LogP contribution in [0.5, 0.6) is 0 Å². The number of carbonyl (C=O) groups excluding carboxylic acids is 1. The molecule has 0 bridgehead atoms. The largest absolute Gasteiger partial charge is 0.393 e. The van der Waals surface area contributed by atoms with Crippen LogP contribution in [0.25, 0.3) is 0 Å². The third kappa shape index (κ3) is 1.91. The lowest BCUT2D eigenvalue weighted by Crippen LogP contribution is -2.02. The lowest BCUT2D eigenvalue weighted by Gasteiger charge is -2.01. The summed E-state index contributed by atoms with van der Waals surface area (Å²) in [6, 6.07) is 4.00. The number of Topliss-reactive ketones (excluding diaryl/α,β-unsaturated/α-hetero) is 1. The molecule has 76 valence electrons. The molecule has 0 radical (unpaired) electrons. The number of nitriles is 1. The number of nitro benzene ring substituents is 1. The van der Waals surface area contributed by atoms with E-state index in [1.54, 1.807) is 6.07 Å². The van der Waals surface area contributed by atoms with Gasteiger partial charge in [-0.15, -0.1) is 0 Å². The molecule has 0 aliphatic rings. The molecule has 0 saturated carbocycles. The van der Waals surface area contributed by atoms with Crippen molar-refractivity contribution in [1.82, 2.24) is 0 Å². The monoisotopic (exact) mass is 205 g/mol. The zero-order valence-electron chi connectivity index (χ0n) is 7.85. The zero-order valence-corrected chi connectivity index (χ0v) is 7.85. The summed E-state index contributed by atoms with van der Waals surface area (Å²) in [5.74, 6) is -0.298. The topological polar surface area (TPSA) is 110 Å². The Kier molecular flexibility index (Phi) is 2.67. The molecule has 6 heteroatoms. The average molecular weight is 205 g/mol. The summed E-state index contributed by atoms with van der Waals surface area (Å²) in [6.07, 6.45) is 0. The van der Waals surface area contributed by atoms with Gasteiger partial charge in [-0.2, -0.15) is 5.26 Å². The summed E-state index contributed by atoms with van der Waals surface area (Å²) in [5.41, 5.74) is 4.74. The molecule has 2 N–H and O–H groups in total. The van der Waals surface area contributed by atoms with Crippen LogP contribution in [-0.4, -0.2) is 10.7 Å². The molecule has 0 amide bonds. The second-order valence-corrected chi connectivity index (χ2v) is 2.89. The second-order valence-electron chi connectivity index (χ2n) is 2.89. The van der Waals surface area contributed by atoms with Crippen LogP contribution in [0, 0.1) is 21.4 Å². The molecule has 1 aromatic carbocycles. The predicted molar refractivity (Wildman–Crippen MR) is 52.2 cm³/mol. The van der Waals surface area contributed by atoms with Crippen LogP contribution >= 0.6 is 0 Å². The van der Waals surface area contributed by atoms with E-state index in [9.17, 15) is 14.9 Å². The second kappa shape index (κ2) is 3.75. The van der Waals surface area contributed by atoms with Crippen molar-refractivity contribution in [2.45, 2.75) is 6.92 Å². The van der Waals surface area contributed by atoms with Gasteiger partial charge in [-0.05, 0) is 19.1 Å². The molecule has 0 atom stereocenters. The van der Waals surface area contributed by atoms with E-state index in [4.69, 9.17) is 11.0 Å². The first-order valence-corrected chi connectivity index (χ1v) is 3.96. The minimum atomic E-state index is -0.738. The Bertz CT molecular complexity index is 488. The first-order valence-electron chi connectivity index (χ1n) is 3.96. The number of ketones is 1. The number of nitrogens with zero attached hydrogens (tertiary/aromatic N) is 2. The molecule has 0 unspecified atom stereocenters. The first-order chi connectivity index (χ1) is 6.97. The highest BCUT2D eigenvalue weighted by Gasteiger charge is 2.20. The van der Waals surface area contributed by atoms with Crippen LogP contribution in [-0.2, 0) is 0 Å². The van der Waals surface area contributed by atoms with Crippen molar-refractivity contribution >= 4 is 17.2 Å². The summed E-state index contributed by atoms with van der Waals surface area (Å²) >= 11 is 0. The van der Waals surface area contributed by atoms with Gasteiger partial charge in [0.1, 0.15) is 17.3 Å². The number of nitro groups is 1. The van der Waals surface area contributed by atoms with E-state index in [1.807, 2.05) is 0 Å². The number of nitrogen functional groups attached to an aromatic ring is 1. The summed E-state index contributed by atoms with van der Waals surface area (Å²) in [7, 11) is 0. The van der Waals surface area contributed by atoms with Crippen LogP contribution < -0.4 is 5.73 Å². The van der Waals surface area contributed by atoms with Crippen LogP contribution in [0.15, 0.2) is 12.1 Å². The van der Waals surface area contributed by atoms with E-state index in [0.29, 0.717) is 0 Å². The van der Waals surface area contributed by atoms with Crippen molar-refractivity contribution in [2.24, 2.45) is 0 Å². The van der Waals surface area contributed by atoms with Crippen molar-refractivity contribution in [2.75, 3.05) is 5.73 Å². The maximum absolute atomic E-state index is 11.0. The Morgan fingerprint density at radius 2 is 2.20 bits per heavy atom. The Morgan fingerprint density at radius 1 is 1.60 bits per heavy atom. The zero-order chi connectivity index (χ0) is 11.6. The first kappa shape index (κ1) is 10.7. The van der Waals surface area contributed by atoms with Gasteiger partial charge in [-0.25, -0.2) is 0 Å². The van der Waals surface area contributed by atoms with Crippen LogP contribution in [0.3, 0.4) is 0 Å². The van der Waals surface area contributed by atoms with E-state index < -0.39 is 10.6 Å². The van der Waals surface area contributed by atoms with Gasteiger partial charge in [-0.3, -0.25) is 14.9 Å². The minimum absolute atomic E-state index is 0.177. The summed E-state index contributed by atoms with van der Waals surface area (Å²) < 4.78 is 0. The third-order valence-corrected chi connectivity index (χ3v) is 1.85. The molecule has 0 aliphatic carbocycles. The van der Waals surface area contributed by atoms with Crippen molar-refractivity contribution in [3.05, 3.63) is 33.4 Å². The number of anilines is 1. The maximum Gasteiger partial charge on any atom is 0.309 e. The summed E-state index contributed by atoms with van der Waals surface area (Å²) in [5, 5.41) is 19.2. The van der Waals surface area contributed by atoms with Crippen molar-refractivity contribution in [3.63, 3.8) is 0 Å². The molecular formula is C9H7N3O3. The van der Waals surface area contributed by atoms with Crippen molar-refractivity contribution in [3.8, 4) is 6.07 Å². The van der Waals surface area contributed by atoms with E-state index in [1.165, 1.54) is 13.0 Å². The van der Waals surface area contributed by atoms with Crippen LogP contribution in [0.2, 0.25) is 0 Å². The highest BCUT2D eigenvalue weighted by molar-refractivity contribution is 5.96. The van der Waals surface area contributed by atoms with E-state index >= 15 is 0 Å². The third-order valence-electron chi connectivity index (χ3n) is 1.85. The van der Waals surface area contributed by atoms with Gasteiger partial charge in [0.2, 0.25) is 0 Å². The Labute approximate surface area is 85.1 Å². The summed E-state index contributed by atoms with van der Waals surface area (Å²) in [6.45, 7) is 1.29. The molecule has 0 aliphatic heterocycles. The van der Waals surface area contributed by atoms with E-state index in [2.05, 4.69) is 0 Å². The lowest BCUT2D eigenvalue weighted by molar-refractivity contribution is -0.384. The average Bonchev–Trinajstić information content (AvgIpc) is 2.15. The smallest absolute Gasteiger partial charge is 0.309 e. The maximum atomic E-state index is 11.0. The molecule has 0 spiro atoms. The Morgan fingerprint density at radius 3 is 2.60 bits per heavy atom. The van der Waals surface area contributed by atoms with Gasteiger partial charge in [0.05, 0.1) is 4.92 Å². The number of hydrogen-bond donors (Lipinski definition) is 1. The fraction of sp³-hybridized carbons (Fsp3) is 0.111. The molecule has 0 heterocycles. The molecule has 6 nitrogen and oxygen atoms in total. The fourth-order valence-electron chi connectivity index (χ4n) is 1.15. The molecule has 1 aromatic rings. The Hall–Kier alpha value is -2.42. The molecule has 15 heavy (non-hydrogen) atoms. The normalized spacial score (nSPS) is 9.33. The van der Waals surface area contributed by atoms with Crippen molar-refractivity contribution in [1.29, 1.82) is 5.26 Å². The molecule has 0 aromatic heterocycles. The number of nitrogens with two attached hydrogens (primary N) is 1. The number of hydrogen-bond acceptors (Lipinski definition) is 5. The number of benzene rings is 1. The molecule has 0 saturated heterocycles. The standard InChI is InChI=1S/C9H7N3O3/c1-5(13)6-2-7(4-10)9(12(14)15)8(11)3-6/h2-3H,11H2,1H3. The van der Waals surface area contributed by atoms with Gasteiger partial charge >= 0.3 is 5.69 Å². The molecular weight excluding hydrogens is 198 g/mol. The number of carbonyl (C=O) groups is 1.